The molecule has 0 saturated carbocycles. The van der Waals surface area contributed by atoms with Gasteiger partial charge in [-0.2, -0.15) is 0 Å². The van der Waals surface area contributed by atoms with E-state index in [-0.39, 0.29) is 18.9 Å². The molecule has 0 radical (unpaired) electrons. The smallest absolute Gasteiger partial charge is 0.390 e. The Bertz CT molecular complexity index is 1270. The molecule has 0 fully saturated rings. The lowest BCUT2D eigenvalue weighted by molar-refractivity contribution is -0.870. The van der Waals surface area contributed by atoms with Crippen molar-refractivity contribution < 1.29 is 38.0 Å². The van der Waals surface area contributed by atoms with Crippen LogP contribution in [0.15, 0.2) is 72.9 Å². The van der Waals surface area contributed by atoms with Crippen LogP contribution in [-0.4, -0.2) is 84.6 Å². The van der Waals surface area contributed by atoms with Gasteiger partial charge in [-0.15, -0.1) is 0 Å². The van der Waals surface area contributed by atoms with E-state index in [1.165, 1.54) is 83.5 Å². The topological polar surface area (TPSA) is 125 Å². The molecule has 1 amide bonds. The number of carbonyl (C=O) groups excluding carboxylic acids is 1. The highest BCUT2D eigenvalue weighted by atomic mass is 31.2. The van der Waals surface area contributed by atoms with Gasteiger partial charge < -0.3 is 24.9 Å². The van der Waals surface area contributed by atoms with Gasteiger partial charge in [-0.3, -0.25) is 13.8 Å². The van der Waals surface area contributed by atoms with Gasteiger partial charge in [0, 0.05) is 6.42 Å². The zero-order valence-electron chi connectivity index (χ0n) is 41.2. The van der Waals surface area contributed by atoms with Crippen molar-refractivity contribution in [3.8, 4) is 0 Å². The molecule has 366 valence electrons. The molecule has 10 heteroatoms. The number of allylic oxidation sites excluding steroid dienone is 12. The molecule has 0 heterocycles. The molecule has 63 heavy (non-hydrogen) atoms. The van der Waals surface area contributed by atoms with Crippen molar-refractivity contribution in [2.45, 2.75) is 218 Å². The Kier molecular flexibility index (Phi) is 42.3. The van der Waals surface area contributed by atoms with E-state index in [1.807, 2.05) is 21.1 Å². The van der Waals surface area contributed by atoms with Crippen LogP contribution in [-0.2, 0) is 18.4 Å². The summed E-state index contributed by atoms with van der Waals surface area (Å²) in [5.74, 6) is -0.270. The minimum atomic E-state index is -4.42. The fourth-order valence-electron chi connectivity index (χ4n) is 7.03. The highest BCUT2D eigenvalue weighted by Crippen LogP contribution is 2.43. The first kappa shape index (κ1) is 60.9. The van der Waals surface area contributed by atoms with Crippen molar-refractivity contribution in [2.75, 3.05) is 40.9 Å². The third-order valence-corrected chi connectivity index (χ3v) is 12.0. The van der Waals surface area contributed by atoms with Crippen LogP contribution in [0.2, 0.25) is 0 Å². The maximum absolute atomic E-state index is 13.0. The van der Waals surface area contributed by atoms with Crippen molar-refractivity contribution in [1.82, 2.24) is 5.32 Å². The summed E-state index contributed by atoms with van der Waals surface area (Å²) in [6, 6.07) is -1.04. The predicted molar refractivity (Wildman–Crippen MR) is 269 cm³/mol. The van der Waals surface area contributed by atoms with Gasteiger partial charge in [0.05, 0.1) is 39.9 Å². The van der Waals surface area contributed by atoms with Crippen molar-refractivity contribution in [1.29, 1.82) is 0 Å². The van der Waals surface area contributed by atoms with Crippen LogP contribution in [0, 0.1) is 0 Å². The number of hydrogen-bond donors (Lipinski definition) is 4. The fraction of sp³-hybridized carbons (Fsp3) is 0.755. The molecular formula is C53H98N2O7P+. The van der Waals surface area contributed by atoms with Crippen LogP contribution < -0.4 is 5.32 Å². The van der Waals surface area contributed by atoms with E-state index in [2.05, 4.69) is 92.1 Å². The summed E-state index contributed by atoms with van der Waals surface area (Å²) >= 11 is 0. The molecule has 4 N–H and O–H groups in total. The van der Waals surface area contributed by atoms with Crippen LogP contribution in [0.1, 0.15) is 200 Å². The Morgan fingerprint density at radius 1 is 0.571 bits per heavy atom. The normalized spacial score (nSPS) is 15.2. The second-order valence-corrected chi connectivity index (χ2v) is 19.8. The molecule has 0 aromatic heterocycles. The van der Waals surface area contributed by atoms with Gasteiger partial charge in [0.2, 0.25) is 5.91 Å². The number of phosphoric ester groups is 1. The number of rotatable bonds is 45. The maximum atomic E-state index is 13.0. The molecule has 0 aliphatic heterocycles. The number of aliphatic hydroxyl groups is 2. The van der Waals surface area contributed by atoms with E-state index in [9.17, 15) is 24.5 Å². The van der Waals surface area contributed by atoms with Crippen LogP contribution in [0.25, 0.3) is 0 Å². The summed E-state index contributed by atoms with van der Waals surface area (Å²) in [6.45, 7) is 4.47. The summed E-state index contributed by atoms with van der Waals surface area (Å²) in [4.78, 5) is 23.3. The highest BCUT2D eigenvalue weighted by Gasteiger charge is 2.31. The fourth-order valence-corrected chi connectivity index (χ4v) is 7.76. The summed E-state index contributed by atoms with van der Waals surface area (Å²) in [5, 5.41) is 24.7. The number of likely N-dealkylation sites (N-methyl/N-ethyl adjacent to an activating group) is 1. The first-order chi connectivity index (χ1) is 30.4. The number of unbranched alkanes of at least 4 members (excludes halogenated alkanes) is 19. The zero-order valence-corrected chi connectivity index (χ0v) is 42.1. The van der Waals surface area contributed by atoms with E-state index < -0.39 is 32.7 Å². The highest BCUT2D eigenvalue weighted by molar-refractivity contribution is 7.47. The van der Waals surface area contributed by atoms with Gasteiger partial charge in [-0.05, 0) is 64.2 Å². The zero-order chi connectivity index (χ0) is 46.5. The summed E-state index contributed by atoms with van der Waals surface area (Å²) in [7, 11) is 1.42. The maximum Gasteiger partial charge on any atom is 0.472 e. The van der Waals surface area contributed by atoms with Gasteiger partial charge in [0.1, 0.15) is 19.3 Å². The van der Waals surface area contributed by atoms with Gasteiger partial charge in [0.25, 0.3) is 0 Å². The number of phosphoric acid groups is 1. The Balaban J connectivity index is 4.34. The van der Waals surface area contributed by atoms with E-state index in [4.69, 9.17) is 9.05 Å². The summed E-state index contributed by atoms with van der Waals surface area (Å²) in [5.41, 5.74) is 0. The lowest BCUT2D eigenvalue weighted by atomic mass is 9.99. The first-order valence-electron chi connectivity index (χ1n) is 25.4. The standard InChI is InChI=1S/C53H97N2O7P/c1-6-8-10-12-14-16-18-20-21-22-23-24-25-26-27-28-29-30-31-32-33-34-36-38-40-42-44-46-52(57)54-50(49-62-63(59,60)61-48-47-55(3,4)5)53(58)51(56)45-43-41-39-37-35-19-17-15-13-11-9-7-2/h8,10,14,16,20-21,23-24,26-27,29-30,50-51,53,56,58H,6-7,9,11-13,15,17-19,22,25,28,31-49H2,1-5H3,(H-,54,57,59,60)/p+1/b10-8-,16-14-,21-20-,24-23-,27-26-,30-29-. The molecule has 4 atom stereocenters. The summed E-state index contributed by atoms with van der Waals surface area (Å²) < 4.78 is 23.6. The minimum Gasteiger partial charge on any atom is -0.390 e. The number of carbonyl (C=O) groups is 1. The van der Waals surface area contributed by atoms with Crippen molar-refractivity contribution in [3.05, 3.63) is 72.9 Å². The number of nitrogens with one attached hydrogen (secondary N) is 1. The monoisotopic (exact) mass is 906 g/mol. The van der Waals surface area contributed by atoms with Gasteiger partial charge in [-0.1, -0.05) is 202 Å². The largest absolute Gasteiger partial charge is 0.472 e. The number of nitrogens with zero attached hydrogens (tertiary/aromatic N) is 1. The Morgan fingerprint density at radius 3 is 1.44 bits per heavy atom. The van der Waals surface area contributed by atoms with E-state index in [0.29, 0.717) is 23.9 Å². The Morgan fingerprint density at radius 2 is 0.984 bits per heavy atom. The number of hydrogen-bond acceptors (Lipinski definition) is 6. The van der Waals surface area contributed by atoms with Gasteiger partial charge in [0.15, 0.2) is 0 Å². The third-order valence-electron chi connectivity index (χ3n) is 11.1. The van der Waals surface area contributed by atoms with Crippen LogP contribution >= 0.6 is 7.82 Å². The van der Waals surface area contributed by atoms with E-state index >= 15 is 0 Å². The number of amides is 1. The second-order valence-electron chi connectivity index (χ2n) is 18.3. The van der Waals surface area contributed by atoms with Crippen molar-refractivity contribution in [3.63, 3.8) is 0 Å². The number of aliphatic hydroxyl groups excluding tert-OH is 2. The molecule has 0 aromatic rings. The minimum absolute atomic E-state index is 0.0166. The average Bonchev–Trinajstić information content (AvgIpc) is 3.24. The SMILES string of the molecule is CC/C=C\C/C=C\C/C=C\C/C=C\C/C=C\C/C=C\CCCCCCCCCCC(=O)NC(COP(=O)(O)OCC[N+](C)(C)C)C(O)C(O)CCCCCCCCCCCCCC. The van der Waals surface area contributed by atoms with Crippen molar-refractivity contribution >= 4 is 13.7 Å². The van der Waals surface area contributed by atoms with Crippen LogP contribution in [0.3, 0.4) is 0 Å². The molecule has 0 aromatic carbocycles. The van der Waals surface area contributed by atoms with E-state index in [1.54, 1.807) is 0 Å². The predicted octanol–water partition coefficient (Wildman–Crippen LogP) is 13.7. The molecule has 0 aliphatic rings. The molecular weight excluding hydrogens is 808 g/mol. The molecule has 4 unspecified atom stereocenters. The lowest BCUT2D eigenvalue weighted by Crippen LogP contribution is -2.51. The van der Waals surface area contributed by atoms with Gasteiger partial charge >= 0.3 is 7.82 Å². The molecule has 0 aliphatic carbocycles. The van der Waals surface area contributed by atoms with Crippen LogP contribution in [0.5, 0.6) is 0 Å². The van der Waals surface area contributed by atoms with Crippen molar-refractivity contribution in [2.24, 2.45) is 0 Å². The Labute approximate surface area is 387 Å². The van der Waals surface area contributed by atoms with Crippen LogP contribution in [0.4, 0.5) is 0 Å². The lowest BCUT2D eigenvalue weighted by Gasteiger charge is -2.28. The quantitative estimate of drug-likeness (QED) is 0.0208. The number of quaternary nitrogens is 1. The van der Waals surface area contributed by atoms with Gasteiger partial charge in [-0.25, -0.2) is 4.57 Å². The molecule has 9 nitrogen and oxygen atoms in total. The molecule has 0 spiro atoms. The summed E-state index contributed by atoms with van der Waals surface area (Å²) in [6.07, 6.45) is 55.3. The molecule has 0 rings (SSSR count). The third kappa shape index (κ3) is 44.9. The first-order valence-corrected chi connectivity index (χ1v) is 26.9. The average molecular weight is 906 g/mol. The second kappa shape index (κ2) is 43.8. The molecule has 0 saturated heterocycles. The Hall–Kier alpha value is -2.10. The van der Waals surface area contributed by atoms with E-state index in [0.717, 1.165) is 83.5 Å². The molecule has 0 bridgehead atoms.